The highest BCUT2D eigenvalue weighted by atomic mass is 19.4. The molecule has 0 atom stereocenters. The lowest BCUT2D eigenvalue weighted by molar-refractivity contribution is -0.289. The molecule has 1 heterocycles. The molecule has 0 radical (unpaired) electrons. The van der Waals surface area contributed by atoms with Gasteiger partial charge in [-0.15, -0.1) is 0 Å². The van der Waals surface area contributed by atoms with Crippen molar-refractivity contribution in [1.29, 1.82) is 0 Å². The van der Waals surface area contributed by atoms with Crippen molar-refractivity contribution < 1.29 is 22.0 Å². The number of rotatable bonds is 4. The Labute approximate surface area is 116 Å². The van der Waals surface area contributed by atoms with Crippen LogP contribution in [0, 0.1) is 0 Å². The Morgan fingerprint density at radius 3 is 2.33 bits per heavy atom. The van der Waals surface area contributed by atoms with Crippen LogP contribution in [0.1, 0.15) is 11.3 Å². The Morgan fingerprint density at radius 1 is 1.00 bits per heavy atom. The third kappa shape index (κ3) is 3.26. The van der Waals surface area contributed by atoms with E-state index >= 15 is 0 Å². The lowest BCUT2D eigenvalue weighted by Gasteiger charge is -2.22. The van der Waals surface area contributed by atoms with Crippen LogP contribution in [0.2, 0.25) is 0 Å². The summed E-state index contributed by atoms with van der Waals surface area (Å²) in [6.45, 7) is -0.0151. The molecule has 0 saturated carbocycles. The predicted octanol–water partition coefficient (Wildman–Crippen LogP) is 3.74. The van der Waals surface area contributed by atoms with E-state index in [0.29, 0.717) is 5.69 Å². The standard InChI is InChI=1S/C13H10F5N3/c14-12(15,13(16,17)18)10-3-1-2-4-11(10)21-8-9-7-19-5-6-20-9/h1-7,21H,8H2. The third-order valence-corrected chi connectivity index (χ3v) is 2.70. The first-order chi connectivity index (χ1) is 9.82. The fourth-order valence-corrected chi connectivity index (χ4v) is 1.67. The smallest absolute Gasteiger partial charge is 0.379 e. The minimum Gasteiger partial charge on any atom is -0.379 e. The molecule has 2 aromatic rings. The van der Waals surface area contributed by atoms with Crippen molar-refractivity contribution in [2.75, 3.05) is 5.32 Å². The van der Waals surface area contributed by atoms with E-state index in [1.165, 1.54) is 24.7 Å². The van der Waals surface area contributed by atoms with Crippen LogP contribution in [-0.4, -0.2) is 16.1 Å². The van der Waals surface area contributed by atoms with Crippen molar-refractivity contribution in [1.82, 2.24) is 9.97 Å². The molecule has 0 aliphatic rings. The van der Waals surface area contributed by atoms with E-state index < -0.39 is 17.7 Å². The van der Waals surface area contributed by atoms with Gasteiger partial charge in [0.1, 0.15) is 0 Å². The molecule has 112 valence electrons. The van der Waals surface area contributed by atoms with Crippen LogP contribution in [0.3, 0.4) is 0 Å². The minimum atomic E-state index is -5.66. The maximum atomic E-state index is 13.5. The molecule has 21 heavy (non-hydrogen) atoms. The number of anilines is 1. The minimum absolute atomic E-state index is 0.0151. The van der Waals surface area contributed by atoms with Gasteiger partial charge >= 0.3 is 12.1 Å². The van der Waals surface area contributed by atoms with Gasteiger partial charge in [0.2, 0.25) is 0 Å². The number of para-hydroxylation sites is 1. The van der Waals surface area contributed by atoms with E-state index in [0.717, 1.165) is 18.2 Å². The Bertz CT molecular complexity index is 598. The molecular formula is C13H10F5N3. The molecule has 0 aliphatic carbocycles. The topological polar surface area (TPSA) is 37.8 Å². The average Bonchev–Trinajstić information content (AvgIpc) is 2.45. The van der Waals surface area contributed by atoms with E-state index in [4.69, 9.17) is 0 Å². The van der Waals surface area contributed by atoms with Crippen LogP contribution < -0.4 is 5.32 Å². The number of aromatic nitrogens is 2. The zero-order chi connectivity index (χ0) is 15.5. The molecule has 1 N–H and O–H groups in total. The Balaban J connectivity index is 2.26. The van der Waals surface area contributed by atoms with Gasteiger partial charge in [0.25, 0.3) is 0 Å². The quantitative estimate of drug-likeness (QED) is 0.874. The summed E-state index contributed by atoms with van der Waals surface area (Å²) in [4.78, 5) is 7.68. The summed E-state index contributed by atoms with van der Waals surface area (Å²) >= 11 is 0. The summed E-state index contributed by atoms with van der Waals surface area (Å²) in [5, 5.41) is 2.53. The molecule has 0 amide bonds. The number of alkyl halides is 5. The van der Waals surface area contributed by atoms with Gasteiger partial charge in [-0.2, -0.15) is 22.0 Å². The fraction of sp³-hybridized carbons (Fsp3) is 0.231. The van der Waals surface area contributed by atoms with Crippen molar-refractivity contribution in [3.05, 3.63) is 54.1 Å². The van der Waals surface area contributed by atoms with Gasteiger partial charge in [-0.05, 0) is 6.07 Å². The molecule has 0 bridgehead atoms. The SMILES string of the molecule is FC(F)(F)C(F)(F)c1ccccc1NCc1cnccn1. The van der Waals surface area contributed by atoms with Crippen LogP contribution in [0.5, 0.6) is 0 Å². The second-order valence-corrected chi connectivity index (χ2v) is 4.17. The van der Waals surface area contributed by atoms with Crippen LogP contribution in [-0.2, 0) is 12.5 Å². The third-order valence-electron chi connectivity index (χ3n) is 2.70. The van der Waals surface area contributed by atoms with Crippen molar-refractivity contribution in [2.24, 2.45) is 0 Å². The second kappa shape index (κ2) is 5.63. The number of benzene rings is 1. The number of nitrogens with one attached hydrogen (secondary N) is 1. The van der Waals surface area contributed by atoms with Crippen LogP contribution in [0.15, 0.2) is 42.9 Å². The Morgan fingerprint density at radius 2 is 1.71 bits per heavy atom. The lowest BCUT2D eigenvalue weighted by Crippen LogP contribution is -2.34. The van der Waals surface area contributed by atoms with Crippen LogP contribution >= 0.6 is 0 Å². The molecule has 8 heteroatoms. The number of halogens is 5. The lowest BCUT2D eigenvalue weighted by atomic mass is 10.1. The van der Waals surface area contributed by atoms with E-state index in [1.54, 1.807) is 0 Å². The Kier molecular flexibility index (Phi) is 4.06. The van der Waals surface area contributed by atoms with Crippen molar-refractivity contribution in [3.8, 4) is 0 Å². The molecule has 1 aromatic carbocycles. The summed E-state index contributed by atoms with van der Waals surface area (Å²) in [6.07, 6.45) is -1.45. The molecule has 2 rings (SSSR count). The van der Waals surface area contributed by atoms with Crippen molar-refractivity contribution >= 4 is 5.69 Å². The van der Waals surface area contributed by atoms with Gasteiger partial charge in [-0.1, -0.05) is 18.2 Å². The number of hydrogen-bond acceptors (Lipinski definition) is 3. The highest BCUT2D eigenvalue weighted by Crippen LogP contribution is 2.46. The second-order valence-electron chi connectivity index (χ2n) is 4.17. The van der Waals surface area contributed by atoms with E-state index in [9.17, 15) is 22.0 Å². The largest absolute Gasteiger partial charge is 0.458 e. The van der Waals surface area contributed by atoms with E-state index in [-0.39, 0.29) is 12.2 Å². The van der Waals surface area contributed by atoms with Gasteiger partial charge in [0, 0.05) is 18.1 Å². The van der Waals surface area contributed by atoms with Crippen molar-refractivity contribution in [3.63, 3.8) is 0 Å². The number of nitrogens with zero attached hydrogens (tertiary/aromatic N) is 2. The van der Waals surface area contributed by atoms with Crippen LogP contribution in [0.4, 0.5) is 27.6 Å². The van der Waals surface area contributed by atoms with E-state index in [1.807, 2.05) is 0 Å². The van der Waals surface area contributed by atoms with Crippen LogP contribution in [0.25, 0.3) is 0 Å². The summed E-state index contributed by atoms with van der Waals surface area (Å²) in [5.74, 6) is -4.93. The van der Waals surface area contributed by atoms with Crippen molar-refractivity contribution in [2.45, 2.75) is 18.6 Å². The van der Waals surface area contributed by atoms with Gasteiger partial charge in [-0.3, -0.25) is 9.97 Å². The number of hydrogen-bond donors (Lipinski definition) is 1. The Hall–Kier alpha value is -2.25. The summed E-state index contributed by atoms with van der Waals surface area (Å²) < 4.78 is 64.3. The maximum absolute atomic E-state index is 13.5. The predicted molar refractivity (Wildman–Crippen MR) is 65.7 cm³/mol. The molecule has 0 saturated heterocycles. The molecule has 0 spiro atoms. The monoisotopic (exact) mass is 303 g/mol. The summed E-state index contributed by atoms with van der Waals surface area (Å²) in [5.41, 5.74) is -1.01. The summed E-state index contributed by atoms with van der Waals surface area (Å²) in [6, 6.07) is 4.40. The summed E-state index contributed by atoms with van der Waals surface area (Å²) in [7, 11) is 0. The van der Waals surface area contributed by atoms with Gasteiger partial charge in [0.05, 0.1) is 24.0 Å². The first-order valence-electron chi connectivity index (χ1n) is 5.85. The molecule has 3 nitrogen and oxygen atoms in total. The normalized spacial score (nSPS) is 12.2. The molecule has 0 fully saturated rings. The molecule has 1 aromatic heterocycles. The first-order valence-corrected chi connectivity index (χ1v) is 5.85. The molecular weight excluding hydrogens is 293 g/mol. The fourth-order valence-electron chi connectivity index (χ4n) is 1.67. The van der Waals surface area contributed by atoms with Gasteiger partial charge in [-0.25, -0.2) is 0 Å². The van der Waals surface area contributed by atoms with Gasteiger partial charge < -0.3 is 5.32 Å². The first kappa shape index (κ1) is 15.1. The van der Waals surface area contributed by atoms with Gasteiger partial charge in [0.15, 0.2) is 0 Å². The maximum Gasteiger partial charge on any atom is 0.458 e. The zero-order valence-corrected chi connectivity index (χ0v) is 10.5. The van der Waals surface area contributed by atoms with E-state index in [2.05, 4.69) is 15.3 Å². The highest BCUT2D eigenvalue weighted by molar-refractivity contribution is 5.53. The average molecular weight is 303 g/mol. The highest BCUT2D eigenvalue weighted by Gasteiger charge is 2.59. The molecule has 0 aliphatic heterocycles. The molecule has 0 unspecified atom stereocenters. The zero-order valence-electron chi connectivity index (χ0n) is 10.5.